The summed E-state index contributed by atoms with van der Waals surface area (Å²) in [6.07, 6.45) is 0. The number of benzene rings is 1. The number of nitrogens with two attached hydrogens (primary N) is 1. The van der Waals surface area contributed by atoms with Gasteiger partial charge in [-0.15, -0.1) is 0 Å². The fourth-order valence-electron chi connectivity index (χ4n) is 3.42. The normalized spacial score (nSPS) is 18.1. The van der Waals surface area contributed by atoms with E-state index < -0.39 is 11.9 Å². The molecule has 1 aliphatic rings. The molecule has 2 N–H and O–H groups in total. The molecule has 26 heavy (non-hydrogen) atoms. The zero-order valence-electron chi connectivity index (χ0n) is 15.3. The van der Waals surface area contributed by atoms with Gasteiger partial charge < -0.3 is 10.6 Å². The van der Waals surface area contributed by atoms with Crippen molar-refractivity contribution in [1.29, 1.82) is 0 Å². The van der Waals surface area contributed by atoms with E-state index in [1.165, 1.54) is 5.56 Å². The predicted molar refractivity (Wildman–Crippen MR) is 98.1 cm³/mol. The molecule has 3 rings (SSSR count). The predicted octanol–water partition coefficient (Wildman–Crippen LogP) is 0.698. The van der Waals surface area contributed by atoms with Crippen LogP contribution in [0.1, 0.15) is 17.0 Å². The summed E-state index contributed by atoms with van der Waals surface area (Å²) < 4.78 is 1.67. The van der Waals surface area contributed by atoms with Crippen molar-refractivity contribution in [3.05, 3.63) is 53.3 Å². The quantitative estimate of drug-likeness (QED) is 0.856. The van der Waals surface area contributed by atoms with E-state index in [0.29, 0.717) is 19.6 Å². The maximum atomic E-state index is 12.7. The lowest BCUT2D eigenvalue weighted by atomic mass is 10.1. The Hall–Kier alpha value is -2.67. The number of carbonyl (C=O) groups excluding carboxylic acids is 2. The first-order valence-corrected chi connectivity index (χ1v) is 8.80. The number of carbonyl (C=O) groups is 2. The number of piperazine rings is 1. The lowest BCUT2D eigenvalue weighted by molar-refractivity contribution is -0.143. The smallest absolute Gasteiger partial charge is 0.245 e. The molecular formula is C19H25N5O2. The second-order valence-corrected chi connectivity index (χ2v) is 6.81. The number of aromatic nitrogens is 2. The molecule has 1 aliphatic heterocycles. The van der Waals surface area contributed by atoms with E-state index in [9.17, 15) is 9.59 Å². The van der Waals surface area contributed by atoms with E-state index in [0.717, 1.165) is 17.9 Å². The minimum absolute atomic E-state index is 0.126. The zero-order valence-corrected chi connectivity index (χ0v) is 15.3. The Morgan fingerprint density at radius 1 is 1.19 bits per heavy atom. The Balaban J connectivity index is 1.67. The first-order valence-electron chi connectivity index (χ1n) is 8.80. The van der Waals surface area contributed by atoms with Crippen molar-refractivity contribution in [2.24, 2.45) is 5.73 Å². The van der Waals surface area contributed by atoms with Gasteiger partial charge in [0.1, 0.15) is 12.6 Å². The third kappa shape index (κ3) is 4.11. The van der Waals surface area contributed by atoms with Gasteiger partial charge in [0.05, 0.1) is 5.69 Å². The summed E-state index contributed by atoms with van der Waals surface area (Å²) in [4.78, 5) is 28.5. The fraction of sp³-hybridized carbons (Fsp3) is 0.421. The molecule has 138 valence electrons. The van der Waals surface area contributed by atoms with E-state index in [-0.39, 0.29) is 12.5 Å². The minimum atomic E-state index is -0.614. The van der Waals surface area contributed by atoms with E-state index in [1.54, 1.807) is 9.58 Å². The minimum Gasteiger partial charge on any atom is -0.368 e. The number of primary amides is 1. The van der Waals surface area contributed by atoms with Crippen molar-refractivity contribution >= 4 is 11.8 Å². The van der Waals surface area contributed by atoms with Crippen molar-refractivity contribution in [1.82, 2.24) is 19.6 Å². The molecule has 7 heteroatoms. The largest absolute Gasteiger partial charge is 0.368 e. The average Bonchev–Trinajstić information content (AvgIpc) is 2.92. The molecular weight excluding hydrogens is 330 g/mol. The van der Waals surface area contributed by atoms with Crippen LogP contribution in [0, 0.1) is 13.8 Å². The first-order chi connectivity index (χ1) is 12.4. The Bertz CT molecular complexity index is 786. The van der Waals surface area contributed by atoms with Crippen LogP contribution in [0.2, 0.25) is 0 Å². The van der Waals surface area contributed by atoms with Crippen LogP contribution in [-0.4, -0.2) is 57.1 Å². The highest BCUT2D eigenvalue weighted by Gasteiger charge is 2.34. The zero-order chi connectivity index (χ0) is 18.7. The van der Waals surface area contributed by atoms with Crippen molar-refractivity contribution in [2.75, 3.05) is 19.6 Å². The summed E-state index contributed by atoms with van der Waals surface area (Å²) in [5.74, 6) is -0.594. The standard InChI is InChI=1S/C19H25N5O2/c1-14-10-15(2)24(21-14)13-18(25)23-9-8-22(12-17(23)19(20)26)11-16-6-4-3-5-7-16/h3-7,10,17H,8-9,11-13H2,1-2H3,(H2,20,26). The van der Waals surface area contributed by atoms with Gasteiger partial charge in [-0.1, -0.05) is 30.3 Å². The summed E-state index contributed by atoms with van der Waals surface area (Å²) in [7, 11) is 0. The van der Waals surface area contributed by atoms with Crippen LogP contribution in [0.25, 0.3) is 0 Å². The van der Waals surface area contributed by atoms with Gasteiger partial charge in [-0.25, -0.2) is 0 Å². The van der Waals surface area contributed by atoms with Crippen LogP contribution in [0.3, 0.4) is 0 Å². The van der Waals surface area contributed by atoms with Gasteiger partial charge in [-0.05, 0) is 25.5 Å². The average molecular weight is 355 g/mol. The van der Waals surface area contributed by atoms with Crippen LogP contribution >= 0.6 is 0 Å². The number of amides is 2. The van der Waals surface area contributed by atoms with Crippen LogP contribution in [0.5, 0.6) is 0 Å². The van der Waals surface area contributed by atoms with Gasteiger partial charge in [-0.3, -0.25) is 19.2 Å². The molecule has 2 amide bonds. The van der Waals surface area contributed by atoms with Gasteiger partial charge >= 0.3 is 0 Å². The Labute approximate surface area is 153 Å². The van der Waals surface area contributed by atoms with Crippen molar-refractivity contribution in [3.63, 3.8) is 0 Å². The second kappa shape index (κ2) is 7.70. The molecule has 7 nitrogen and oxygen atoms in total. The van der Waals surface area contributed by atoms with Gasteiger partial charge in [0.2, 0.25) is 11.8 Å². The number of hydrogen-bond donors (Lipinski definition) is 1. The lowest BCUT2D eigenvalue weighted by Gasteiger charge is -2.40. The molecule has 1 fully saturated rings. The highest BCUT2D eigenvalue weighted by atomic mass is 16.2. The number of hydrogen-bond acceptors (Lipinski definition) is 4. The van der Waals surface area contributed by atoms with E-state index in [4.69, 9.17) is 5.73 Å². The molecule has 2 heterocycles. The number of aryl methyl sites for hydroxylation is 2. The molecule has 1 atom stereocenters. The molecule has 1 aromatic carbocycles. The Kier molecular flexibility index (Phi) is 5.37. The third-order valence-corrected chi connectivity index (χ3v) is 4.75. The number of nitrogens with zero attached hydrogens (tertiary/aromatic N) is 4. The molecule has 2 aromatic rings. The summed E-state index contributed by atoms with van der Waals surface area (Å²) >= 11 is 0. The van der Waals surface area contributed by atoms with E-state index >= 15 is 0 Å². The van der Waals surface area contributed by atoms with Gasteiger partial charge in [0.25, 0.3) is 0 Å². The fourth-order valence-corrected chi connectivity index (χ4v) is 3.42. The van der Waals surface area contributed by atoms with Crippen LogP contribution in [0.4, 0.5) is 0 Å². The third-order valence-electron chi connectivity index (χ3n) is 4.75. The van der Waals surface area contributed by atoms with Gasteiger partial charge in [0.15, 0.2) is 0 Å². The summed E-state index contributed by atoms with van der Waals surface area (Å²) in [6, 6.07) is 11.4. The Morgan fingerprint density at radius 3 is 2.54 bits per heavy atom. The topological polar surface area (TPSA) is 84.5 Å². The molecule has 0 saturated carbocycles. The summed E-state index contributed by atoms with van der Waals surface area (Å²) in [5, 5.41) is 4.33. The summed E-state index contributed by atoms with van der Waals surface area (Å²) in [5.41, 5.74) is 8.57. The van der Waals surface area contributed by atoms with Crippen molar-refractivity contribution in [2.45, 2.75) is 33.0 Å². The Morgan fingerprint density at radius 2 is 1.92 bits per heavy atom. The van der Waals surface area contributed by atoms with Gasteiger partial charge in [0, 0.05) is 31.9 Å². The van der Waals surface area contributed by atoms with E-state index in [1.807, 2.05) is 38.1 Å². The van der Waals surface area contributed by atoms with E-state index in [2.05, 4.69) is 22.1 Å². The van der Waals surface area contributed by atoms with Crippen LogP contribution in [-0.2, 0) is 22.7 Å². The van der Waals surface area contributed by atoms with Gasteiger partial charge in [-0.2, -0.15) is 5.10 Å². The highest BCUT2D eigenvalue weighted by molar-refractivity contribution is 5.87. The lowest BCUT2D eigenvalue weighted by Crippen LogP contribution is -2.60. The maximum Gasteiger partial charge on any atom is 0.245 e. The molecule has 1 aromatic heterocycles. The van der Waals surface area contributed by atoms with Crippen LogP contribution < -0.4 is 5.73 Å². The van der Waals surface area contributed by atoms with Crippen LogP contribution in [0.15, 0.2) is 36.4 Å². The molecule has 1 unspecified atom stereocenters. The SMILES string of the molecule is Cc1cc(C)n(CC(=O)N2CCN(Cc3ccccc3)CC2C(N)=O)n1. The first kappa shape index (κ1) is 18.1. The second-order valence-electron chi connectivity index (χ2n) is 6.81. The molecule has 0 bridgehead atoms. The van der Waals surface area contributed by atoms with Crippen molar-refractivity contribution in [3.8, 4) is 0 Å². The summed E-state index contributed by atoms with van der Waals surface area (Å²) in [6.45, 7) is 6.32. The molecule has 1 saturated heterocycles. The number of rotatable bonds is 5. The molecule has 0 aliphatic carbocycles. The monoisotopic (exact) mass is 355 g/mol. The molecule has 0 spiro atoms. The maximum absolute atomic E-state index is 12.7. The highest BCUT2D eigenvalue weighted by Crippen LogP contribution is 2.15. The van der Waals surface area contributed by atoms with Crippen molar-refractivity contribution < 1.29 is 9.59 Å². The molecule has 0 radical (unpaired) electrons.